The molecule has 4 heteroatoms. The summed E-state index contributed by atoms with van der Waals surface area (Å²) in [5.41, 5.74) is 6.53. The zero-order chi connectivity index (χ0) is 13.8. The van der Waals surface area contributed by atoms with Gasteiger partial charge in [-0.15, -0.1) is 0 Å². The first-order valence-electron chi connectivity index (χ1n) is 7.04. The summed E-state index contributed by atoms with van der Waals surface area (Å²) < 4.78 is 14.0. The van der Waals surface area contributed by atoms with Crippen LogP contribution in [0.1, 0.15) is 37.8 Å². The van der Waals surface area contributed by atoms with Gasteiger partial charge < -0.3 is 5.73 Å². The predicted octanol–water partition coefficient (Wildman–Crippen LogP) is 3.60. The lowest BCUT2D eigenvalue weighted by atomic mass is 10.0. The Labute approximate surface area is 119 Å². The van der Waals surface area contributed by atoms with E-state index >= 15 is 0 Å². The van der Waals surface area contributed by atoms with Gasteiger partial charge in [-0.2, -0.15) is 0 Å². The van der Waals surface area contributed by atoms with Crippen LogP contribution in [0.5, 0.6) is 0 Å². The lowest BCUT2D eigenvalue weighted by molar-refractivity contribution is 0.189. The van der Waals surface area contributed by atoms with E-state index < -0.39 is 0 Å². The minimum absolute atomic E-state index is 0.0701. The van der Waals surface area contributed by atoms with E-state index in [4.69, 9.17) is 17.3 Å². The molecular formula is C15H22ClFN2. The highest BCUT2D eigenvalue weighted by molar-refractivity contribution is 6.30. The molecule has 0 heterocycles. The van der Waals surface area contributed by atoms with Gasteiger partial charge in [0.05, 0.1) is 0 Å². The quantitative estimate of drug-likeness (QED) is 0.829. The molecule has 1 fully saturated rings. The van der Waals surface area contributed by atoms with Gasteiger partial charge in [-0.1, -0.05) is 18.5 Å². The van der Waals surface area contributed by atoms with Crippen LogP contribution in [0.15, 0.2) is 18.2 Å². The molecule has 1 atom stereocenters. The van der Waals surface area contributed by atoms with Crippen molar-refractivity contribution in [3.05, 3.63) is 34.6 Å². The Hall–Kier alpha value is -0.640. The fraction of sp³-hybridized carbons (Fsp3) is 0.600. The van der Waals surface area contributed by atoms with Crippen LogP contribution in [0, 0.1) is 11.7 Å². The molecule has 19 heavy (non-hydrogen) atoms. The first kappa shape index (κ1) is 14.8. The van der Waals surface area contributed by atoms with Crippen molar-refractivity contribution < 1.29 is 4.39 Å². The molecule has 1 aliphatic rings. The summed E-state index contributed by atoms with van der Waals surface area (Å²) >= 11 is 5.99. The van der Waals surface area contributed by atoms with Crippen molar-refractivity contribution in [2.45, 2.75) is 32.2 Å². The van der Waals surface area contributed by atoms with Gasteiger partial charge >= 0.3 is 0 Å². The van der Waals surface area contributed by atoms with Gasteiger partial charge in [0, 0.05) is 29.7 Å². The van der Waals surface area contributed by atoms with E-state index in [1.807, 2.05) is 0 Å². The summed E-state index contributed by atoms with van der Waals surface area (Å²) in [6.45, 7) is 4.53. The molecule has 2 rings (SSSR count). The van der Waals surface area contributed by atoms with E-state index in [1.54, 1.807) is 12.1 Å². The van der Waals surface area contributed by atoms with E-state index in [-0.39, 0.29) is 11.9 Å². The Morgan fingerprint density at radius 3 is 2.79 bits per heavy atom. The molecule has 0 saturated heterocycles. The van der Waals surface area contributed by atoms with Crippen LogP contribution in [0.2, 0.25) is 5.02 Å². The Morgan fingerprint density at radius 2 is 2.21 bits per heavy atom. The van der Waals surface area contributed by atoms with E-state index in [0.29, 0.717) is 17.1 Å². The van der Waals surface area contributed by atoms with Crippen LogP contribution in [0.4, 0.5) is 4.39 Å². The summed E-state index contributed by atoms with van der Waals surface area (Å²) in [7, 11) is 0. The van der Waals surface area contributed by atoms with E-state index in [0.717, 1.165) is 25.4 Å². The number of benzene rings is 1. The molecule has 1 saturated carbocycles. The molecule has 1 aliphatic carbocycles. The summed E-state index contributed by atoms with van der Waals surface area (Å²) in [6, 6.07) is 4.66. The van der Waals surface area contributed by atoms with Crippen LogP contribution < -0.4 is 5.73 Å². The third kappa shape index (κ3) is 3.91. The maximum absolute atomic E-state index is 14.0. The molecule has 0 bridgehead atoms. The lowest BCUT2D eigenvalue weighted by Crippen LogP contribution is -2.36. The summed E-state index contributed by atoms with van der Waals surface area (Å²) in [4.78, 5) is 2.31. The van der Waals surface area contributed by atoms with Crippen molar-refractivity contribution in [1.29, 1.82) is 0 Å². The molecule has 0 aliphatic heterocycles. The van der Waals surface area contributed by atoms with Gasteiger partial charge in [0.2, 0.25) is 0 Å². The maximum Gasteiger partial charge on any atom is 0.128 e. The molecular weight excluding hydrogens is 263 g/mol. The minimum Gasteiger partial charge on any atom is -0.329 e. The lowest BCUT2D eigenvalue weighted by Gasteiger charge is -2.31. The Kier molecular flexibility index (Phi) is 5.20. The number of hydrogen-bond acceptors (Lipinski definition) is 2. The predicted molar refractivity (Wildman–Crippen MR) is 77.8 cm³/mol. The van der Waals surface area contributed by atoms with Gasteiger partial charge in [-0.25, -0.2) is 4.39 Å². The average molecular weight is 285 g/mol. The molecule has 2 nitrogen and oxygen atoms in total. The molecule has 1 aromatic rings. The van der Waals surface area contributed by atoms with Crippen molar-refractivity contribution in [2.24, 2.45) is 11.7 Å². The highest BCUT2D eigenvalue weighted by Gasteiger charge is 2.29. The first-order chi connectivity index (χ1) is 9.15. The topological polar surface area (TPSA) is 29.3 Å². The monoisotopic (exact) mass is 284 g/mol. The third-order valence-corrected chi connectivity index (χ3v) is 3.92. The number of rotatable bonds is 7. The summed E-state index contributed by atoms with van der Waals surface area (Å²) in [5.74, 6) is 0.555. The van der Waals surface area contributed by atoms with Gasteiger partial charge in [-0.05, 0) is 49.9 Å². The van der Waals surface area contributed by atoms with Crippen LogP contribution in [-0.4, -0.2) is 24.5 Å². The number of nitrogens with zero attached hydrogens (tertiary/aromatic N) is 1. The fourth-order valence-electron chi connectivity index (χ4n) is 2.54. The van der Waals surface area contributed by atoms with Crippen molar-refractivity contribution in [3.63, 3.8) is 0 Å². The van der Waals surface area contributed by atoms with E-state index in [1.165, 1.54) is 18.9 Å². The molecule has 0 amide bonds. The smallest absolute Gasteiger partial charge is 0.128 e. The second-order valence-electron chi connectivity index (χ2n) is 5.36. The van der Waals surface area contributed by atoms with Crippen molar-refractivity contribution in [1.82, 2.24) is 4.90 Å². The maximum atomic E-state index is 14.0. The summed E-state index contributed by atoms with van der Waals surface area (Å²) in [6.07, 6.45) is 3.62. The van der Waals surface area contributed by atoms with Gasteiger partial charge in [0.15, 0.2) is 0 Å². The van der Waals surface area contributed by atoms with Crippen LogP contribution >= 0.6 is 11.6 Å². The van der Waals surface area contributed by atoms with Gasteiger partial charge in [-0.3, -0.25) is 4.90 Å². The standard InChI is InChI=1S/C15H22ClFN2/c1-2-7-19(10-11-3-4-11)15(9-18)13-8-12(16)5-6-14(13)17/h5-6,8,11,15H,2-4,7,9-10,18H2,1H3. The van der Waals surface area contributed by atoms with E-state index in [9.17, 15) is 4.39 Å². The molecule has 0 radical (unpaired) electrons. The van der Waals surface area contributed by atoms with Crippen molar-refractivity contribution >= 4 is 11.6 Å². The Morgan fingerprint density at radius 1 is 1.47 bits per heavy atom. The third-order valence-electron chi connectivity index (χ3n) is 3.68. The SMILES string of the molecule is CCCN(CC1CC1)C(CN)c1cc(Cl)ccc1F. The van der Waals surface area contributed by atoms with Crippen molar-refractivity contribution in [3.8, 4) is 0 Å². The first-order valence-corrected chi connectivity index (χ1v) is 7.42. The molecule has 1 unspecified atom stereocenters. The fourth-order valence-corrected chi connectivity index (χ4v) is 2.72. The Balaban J connectivity index is 2.21. The number of hydrogen-bond donors (Lipinski definition) is 1. The molecule has 2 N–H and O–H groups in total. The average Bonchev–Trinajstić information content (AvgIpc) is 3.18. The zero-order valence-corrected chi connectivity index (χ0v) is 12.2. The minimum atomic E-state index is -0.211. The molecule has 0 aromatic heterocycles. The molecule has 0 spiro atoms. The Bertz CT molecular complexity index is 421. The van der Waals surface area contributed by atoms with Crippen LogP contribution in [0.3, 0.4) is 0 Å². The van der Waals surface area contributed by atoms with Crippen molar-refractivity contribution in [2.75, 3.05) is 19.6 Å². The number of nitrogens with two attached hydrogens (primary N) is 1. The second-order valence-corrected chi connectivity index (χ2v) is 5.79. The van der Waals surface area contributed by atoms with Crippen LogP contribution in [0.25, 0.3) is 0 Å². The molecule has 106 valence electrons. The number of halogens is 2. The zero-order valence-electron chi connectivity index (χ0n) is 11.4. The summed E-state index contributed by atoms with van der Waals surface area (Å²) in [5, 5.41) is 0.567. The molecule has 1 aromatic carbocycles. The van der Waals surface area contributed by atoms with E-state index in [2.05, 4.69) is 11.8 Å². The van der Waals surface area contributed by atoms with Crippen LogP contribution in [-0.2, 0) is 0 Å². The highest BCUT2D eigenvalue weighted by atomic mass is 35.5. The van der Waals surface area contributed by atoms with Gasteiger partial charge in [0.25, 0.3) is 0 Å². The van der Waals surface area contributed by atoms with Gasteiger partial charge in [0.1, 0.15) is 5.82 Å². The highest BCUT2D eigenvalue weighted by Crippen LogP contribution is 2.33. The second kappa shape index (κ2) is 6.69. The largest absolute Gasteiger partial charge is 0.329 e. The normalized spacial score (nSPS) is 16.9.